The number of para-hydroxylation sites is 2. The van der Waals surface area contributed by atoms with Crippen LogP contribution in [0.1, 0.15) is 11.4 Å². The van der Waals surface area contributed by atoms with Crippen LogP contribution in [0.4, 0.5) is 0 Å². The van der Waals surface area contributed by atoms with Crippen molar-refractivity contribution in [2.24, 2.45) is 0 Å². The number of aromatic amines is 1. The predicted octanol–water partition coefficient (Wildman–Crippen LogP) is 5.44. The van der Waals surface area contributed by atoms with E-state index in [1.807, 2.05) is 78.9 Å². The molecule has 0 saturated heterocycles. The molecule has 2 aromatic heterocycles. The predicted molar refractivity (Wildman–Crippen MR) is 109 cm³/mol. The second-order valence-corrected chi connectivity index (χ2v) is 6.43. The molecule has 5 rings (SSSR count). The Morgan fingerprint density at radius 3 is 2.61 bits per heavy atom. The van der Waals surface area contributed by atoms with Crippen molar-refractivity contribution in [2.75, 3.05) is 0 Å². The van der Waals surface area contributed by atoms with Crippen molar-refractivity contribution >= 4 is 33.6 Å². The fraction of sp³-hybridized carbons (Fsp3) is 0. The third kappa shape index (κ3) is 2.74. The lowest BCUT2D eigenvalue weighted by Crippen LogP contribution is -1.85. The molecule has 1 N–H and O–H groups in total. The van der Waals surface area contributed by atoms with Crippen LogP contribution in [-0.2, 0) is 0 Å². The van der Waals surface area contributed by atoms with Gasteiger partial charge in [0.05, 0.1) is 22.0 Å². The van der Waals surface area contributed by atoms with Crippen LogP contribution in [0.25, 0.3) is 44.9 Å². The molecule has 132 valence electrons. The number of nitriles is 1. The maximum absolute atomic E-state index is 9.66. The number of H-pyrrole nitrogens is 1. The van der Waals surface area contributed by atoms with Crippen molar-refractivity contribution in [3.63, 3.8) is 0 Å². The van der Waals surface area contributed by atoms with Gasteiger partial charge in [-0.15, -0.1) is 0 Å². The number of allylic oxidation sites excluding steroid dienone is 1. The van der Waals surface area contributed by atoms with E-state index < -0.39 is 0 Å². The molecule has 2 heterocycles. The van der Waals surface area contributed by atoms with Crippen molar-refractivity contribution in [3.05, 3.63) is 84.2 Å². The van der Waals surface area contributed by atoms with Gasteiger partial charge in [-0.3, -0.25) is 0 Å². The third-order valence-corrected chi connectivity index (χ3v) is 4.61. The maximum atomic E-state index is 9.66. The van der Waals surface area contributed by atoms with Crippen LogP contribution in [0, 0.1) is 11.3 Å². The van der Waals surface area contributed by atoms with Gasteiger partial charge in [-0.2, -0.15) is 5.26 Å². The van der Waals surface area contributed by atoms with Gasteiger partial charge >= 0.3 is 0 Å². The van der Waals surface area contributed by atoms with Crippen LogP contribution in [-0.4, -0.2) is 15.1 Å². The highest BCUT2D eigenvalue weighted by Gasteiger charge is 2.12. The van der Waals surface area contributed by atoms with E-state index in [9.17, 15) is 5.26 Å². The van der Waals surface area contributed by atoms with Crippen LogP contribution < -0.4 is 0 Å². The lowest BCUT2D eigenvalue weighted by molar-refractivity contribution is 0.441. The summed E-state index contributed by atoms with van der Waals surface area (Å²) in [5.74, 6) is 1.27. The lowest BCUT2D eigenvalue weighted by Gasteiger charge is -1.99. The summed E-state index contributed by atoms with van der Waals surface area (Å²) in [6.45, 7) is 0. The summed E-state index contributed by atoms with van der Waals surface area (Å²) in [4.78, 5) is 7.72. The van der Waals surface area contributed by atoms with Crippen molar-refractivity contribution in [3.8, 4) is 17.4 Å². The Labute approximate surface area is 160 Å². The molecule has 0 saturated carbocycles. The molecule has 0 unspecified atom stereocenters. The monoisotopic (exact) mass is 362 g/mol. The smallest absolute Gasteiger partial charge is 0.174 e. The second-order valence-electron chi connectivity index (χ2n) is 6.43. The number of imidazole rings is 1. The highest BCUT2D eigenvalue weighted by Crippen LogP contribution is 2.30. The molecule has 0 amide bonds. The van der Waals surface area contributed by atoms with Crippen molar-refractivity contribution in [1.29, 1.82) is 5.26 Å². The third-order valence-electron chi connectivity index (χ3n) is 4.61. The molecule has 28 heavy (non-hydrogen) atoms. The average molecular weight is 362 g/mol. The normalized spacial score (nSPS) is 11.8. The van der Waals surface area contributed by atoms with E-state index in [0.29, 0.717) is 17.2 Å². The summed E-state index contributed by atoms with van der Waals surface area (Å²) >= 11 is 0. The number of hydrogen-bond donors (Lipinski definition) is 1. The van der Waals surface area contributed by atoms with Crippen LogP contribution in [0.3, 0.4) is 0 Å². The van der Waals surface area contributed by atoms with E-state index in [-0.39, 0.29) is 0 Å². The fourth-order valence-corrected chi connectivity index (χ4v) is 3.25. The van der Waals surface area contributed by atoms with E-state index in [0.717, 1.165) is 33.1 Å². The van der Waals surface area contributed by atoms with Gasteiger partial charge in [0.1, 0.15) is 17.4 Å². The standard InChI is InChI=1S/C23H14N4O/c24-14-17(23-25-20-8-4-5-9-21(20)26-23)12-15-10-11-19-18(13-15)22(28-27-19)16-6-2-1-3-7-16/h1-13H,(H,25,26)/b17-12+. The highest BCUT2D eigenvalue weighted by atomic mass is 16.5. The van der Waals surface area contributed by atoms with E-state index in [1.54, 1.807) is 0 Å². The van der Waals surface area contributed by atoms with Crippen molar-refractivity contribution in [2.45, 2.75) is 0 Å². The molecule has 5 nitrogen and oxygen atoms in total. The van der Waals surface area contributed by atoms with Gasteiger partial charge in [0, 0.05) is 5.56 Å². The number of aromatic nitrogens is 3. The van der Waals surface area contributed by atoms with Crippen LogP contribution in [0.2, 0.25) is 0 Å². The number of hydrogen-bond acceptors (Lipinski definition) is 4. The van der Waals surface area contributed by atoms with Crippen LogP contribution >= 0.6 is 0 Å². The van der Waals surface area contributed by atoms with Crippen LogP contribution in [0.15, 0.2) is 77.3 Å². The molecule has 0 radical (unpaired) electrons. The number of nitrogens with one attached hydrogen (secondary N) is 1. The molecular weight excluding hydrogens is 348 g/mol. The van der Waals surface area contributed by atoms with Gasteiger partial charge in [-0.25, -0.2) is 4.98 Å². The largest absolute Gasteiger partial charge is 0.355 e. The van der Waals surface area contributed by atoms with Gasteiger partial charge in [0.15, 0.2) is 5.76 Å². The minimum Gasteiger partial charge on any atom is -0.355 e. The molecule has 0 aliphatic rings. The van der Waals surface area contributed by atoms with Gasteiger partial charge in [0.25, 0.3) is 0 Å². The summed E-state index contributed by atoms with van der Waals surface area (Å²) in [7, 11) is 0. The maximum Gasteiger partial charge on any atom is 0.174 e. The summed E-state index contributed by atoms with van der Waals surface area (Å²) in [6, 6.07) is 25.6. The Morgan fingerprint density at radius 1 is 0.964 bits per heavy atom. The molecule has 0 aliphatic heterocycles. The highest BCUT2D eigenvalue weighted by molar-refractivity contribution is 5.96. The quantitative estimate of drug-likeness (QED) is 0.434. The topological polar surface area (TPSA) is 78.5 Å². The molecular formula is C23H14N4O. The van der Waals surface area contributed by atoms with Crippen molar-refractivity contribution in [1.82, 2.24) is 15.1 Å². The number of benzene rings is 3. The summed E-state index contributed by atoms with van der Waals surface area (Å²) in [5.41, 5.74) is 4.82. The number of fused-ring (bicyclic) bond motifs is 2. The van der Waals surface area contributed by atoms with Gasteiger partial charge in [0.2, 0.25) is 0 Å². The first-order valence-electron chi connectivity index (χ1n) is 8.83. The van der Waals surface area contributed by atoms with Crippen molar-refractivity contribution < 1.29 is 4.52 Å². The Morgan fingerprint density at radius 2 is 1.79 bits per heavy atom. The molecule has 3 aromatic carbocycles. The Balaban J connectivity index is 1.61. The first kappa shape index (κ1) is 16.0. The summed E-state index contributed by atoms with van der Waals surface area (Å²) in [6.07, 6.45) is 1.82. The Bertz CT molecular complexity index is 1340. The zero-order valence-corrected chi connectivity index (χ0v) is 14.8. The molecule has 5 heteroatoms. The van der Waals surface area contributed by atoms with E-state index in [4.69, 9.17) is 4.52 Å². The molecule has 5 aromatic rings. The number of rotatable bonds is 3. The fourth-order valence-electron chi connectivity index (χ4n) is 3.25. The molecule has 0 spiro atoms. The molecule has 0 fully saturated rings. The first-order chi connectivity index (χ1) is 13.8. The van der Waals surface area contributed by atoms with Gasteiger partial charge in [-0.05, 0) is 35.9 Å². The van der Waals surface area contributed by atoms with Crippen LogP contribution in [0.5, 0.6) is 0 Å². The second kappa shape index (κ2) is 6.53. The minimum atomic E-state index is 0.466. The molecule has 0 bridgehead atoms. The molecule has 0 aliphatic carbocycles. The van der Waals surface area contributed by atoms with E-state index in [2.05, 4.69) is 21.2 Å². The number of nitrogens with zero attached hydrogens (tertiary/aromatic N) is 3. The van der Waals surface area contributed by atoms with Gasteiger partial charge in [-0.1, -0.05) is 53.7 Å². The van der Waals surface area contributed by atoms with E-state index >= 15 is 0 Å². The average Bonchev–Trinajstić information content (AvgIpc) is 3.36. The Kier molecular flexibility index (Phi) is 3.74. The molecule has 0 atom stereocenters. The lowest BCUT2D eigenvalue weighted by atomic mass is 10.0. The zero-order valence-electron chi connectivity index (χ0n) is 14.8. The SMILES string of the molecule is N#C/C(=C\c1ccc2noc(-c3ccccc3)c2c1)c1nc2ccccc2[nH]1. The Hall–Kier alpha value is -4.17. The minimum absolute atomic E-state index is 0.466. The summed E-state index contributed by atoms with van der Waals surface area (Å²) < 4.78 is 5.56. The zero-order chi connectivity index (χ0) is 18.9. The van der Waals surface area contributed by atoms with E-state index in [1.165, 1.54) is 0 Å². The first-order valence-corrected chi connectivity index (χ1v) is 8.83. The van der Waals surface area contributed by atoms with Gasteiger partial charge < -0.3 is 9.51 Å². The summed E-state index contributed by atoms with van der Waals surface area (Å²) in [5, 5.41) is 14.7.